The number of thioether (sulfide) groups is 1. The third-order valence-electron chi connectivity index (χ3n) is 4.97. The number of hydrogen-bond donors (Lipinski definition) is 2. The monoisotopic (exact) mass is 484 g/mol. The highest BCUT2D eigenvalue weighted by atomic mass is 32.2. The van der Waals surface area contributed by atoms with E-state index < -0.39 is 35.7 Å². The highest BCUT2D eigenvalue weighted by Crippen LogP contribution is 2.35. The van der Waals surface area contributed by atoms with E-state index in [1.807, 2.05) is 26.0 Å². The summed E-state index contributed by atoms with van der Waals surface area (Å²) in [5, 5.41) is 11.2. The van der Waals surface area contributed by atoms with E-state index >= 15 is 0 Å². The Morgan fingerprint density at radius 1 is 1.15 bits per heavy atom. The molecule has 1 aliphatic rings. The summed E-state index contributed by atoms with van der Waals surface area (Å²) in [6.45, 7) is 4.79. The Kier molecular flexibility index (Phi) is 7.62. The van der Waals surface area contributed by atoms with Crippen LogP contribution in [0.25, 0.3) is 6.08 Å². The number of carboxylic acid groups (broad SMARTS) is 1. The largest absolute Gasteiger partial charge is 0.493 e. The number of amides is 3. The van der Waals surface area contributed by atoms with Crippen LogP contribution in [0.1, 0.15) is 23.6 Å². The Bertz CT molecular complexity index is 1190. The smallest absolute Gasteiger partial charge is 0.344 e. The molecule has 0 aromatic heterocycles. The number of nitrogens with one attached hydrogen (secondary N) is 1. The number of carbonyl (C=O) groups is 4. The number of hydrogen-bond acceptors (Lipinski definition) is 7. The molecule has 2 aromatic carbocycles. The minimum Gasteiger partial charge on any atom is -0.493 e. The fraction of sp³-hybridized carbons (Fsp3) is 0.250. The van der Waals surface area contributed by atoms with E-state index in [1.165, 1.54) is 26.2 Å². The Morgan fingerprint density at radius 3 is 2.53 bits per heavy atom. The van der Waals surface area contributed by atoms with Gasteiger partial charge >= 0.3 is 5.97 Å². The molecule has 10 heteroatoms. The number of ether oxygens (including phenoxy) is 2. The van der Waals surface area contributed by atoms with Crippen molar-refractivity contribution in [1.29, 1.82) is 0 Å². The number of nitrogens with zero attached hydrogens (tertiary/aromatic N) is 1. The summed E-state index contributed by atoms with van der Waals surface area (Å²) in [6, 6.07) is 10.2. The molecule has 2 aromatic rings. The number of rotatable bonds is 8. The number of carboxylic acids is 1. The van der Waals surface area contributed by atoms with E-state index in [9.17, 15) is 19.2 Å². The molecular formula is C24H24N2O7S. The third-order valence-corrected chi connectivity index (χ3v) is 5.88. The Labute approximate surface area is 200 Å². The topological polar surface area (TPSA) is 122 Å². The standard InChI is InChI=1S/C24H24N2O7S/c1-13-5-7-17(14(2)9-13)25-21(27)12-26-22(28)20(34-24(26)31)11-16-6-8-18(19(10-16)32-4)33-15(3)23(29)30/h5-11,15H,12H2,1-4H3,(H,25,27)(H,29,30)/b20-11+/t15-/m1/s1. The van der Waals surface area contributed by atoms with Crippen molar-refractivity contribution in [3.63, 3.8) is 0 Å². The minimum absolute atomic E-state index is 0.152. The summed E-state index contributed by atoms with van der Waals surface area (Å²) in [6.07, 6.45) is 0.422. The van der Waals surface area contributed by atoms with Crippen LogP contribution in [-0.4, -0.2) is 52.8 Å². The fourth-order valence-electron chi connectivity index (χ4n) is 3.19. The van der Waals surface area contributed by atoms with Crippen molar-refractivity contribution < 1.29 is 33.8 Å². The van der Waals surface area contributed by atoms with Gasteiger partial charge in [0.25, 0.3) is 11.1 Å². The number of aliphatic carboxylic acids is 1. The van der Waals surface area contributed by atoms with Gasteiger partial charge in [-0.2, -0.15) is 0 Å². The van der Waals surface area contributed by atoms with Crippen LogP contribution < -0.4 is 14.8 Å². The molecule has 1 fully saturated rings. The number of benzene rings is 2. The summed E-state index contributed by atoms with van der Waals surface area (Å²) in [5.41, 5.74) is 3.09. The molecule has 0 bridgehead atoms. The van der Waals surface area contributed by atoms with Crippen molar-refractivity contribution in [2.45, 2.75) is 26.9 Å². The molecule has 0 aliphatic carbocycles. The van der Waals surface area contributed by atoms with E-state index in [0.29, 0.717) is 11.3 Å². The Hall–Kier alpha value is -3.79. The number of imide groups is 1. The molecule has 1 heterocycles. The summed E-state index contributed by atoms with van der Waals surface area (Å²) < 4.78 is 10.6. The molecule has 178 valence electrons. The number of aryl methyl sites for hydroxylation is 2. The second-order valence-corrected chi connectivity index (χ2v) is 8.64. The Balaban J connectivity index is 1.72. The molecule has 1 atom stereocenters. The molecule has 9 nitrogen and oxygen atoms in total. The zero-order valence-electron chi connectivity index (χ0n) is 19.1. The van der Waals surface area contributed by atoms with Crippen molar-refractivity contribution in [2.75, 3.05) is 19.0 Å². The van der Waals surface area contributed by atoms with Gasteiger partial charge in [0.2, 0.25) is 5.91 Å². The molecule has 1 saturated heterocycles. The van der Waals surface area contributed by atoms with Crippen LogP contribution in [0.3, 0.4) is 0 Å². The highest BCUT2D eigenvalue weighted by Gasteiger charge is 2.36. The molecule has 2 N–H and O–H groups in total. The van der Waals surface area contributed by atoms with Crippen LogP contribution in [0, 0.1) is 13.8 Å². The second kappa shape index (κ2) is 10.4. The molecule has 0 saturated carbocycles. The van der Waals surface area contributed by atoms with Crippen LogP contribution in [0.15, 0.2) is 41.3 Å². The van der Waals surface area contributed by atoms with Crippen molar-refractivity contribution in [3.8, 4) is 11.5 Å². The van der Waals surface area contributed by atoms with Crippen molar-refractivity contribution >= 4 is 46.5 Å². The van der Waals surface area contributed by atoms with Crippen LogP contribution in [0.5, 0.6) is 11.5 Å². The van der Waals surface area contributed by atoms with E-state index in [4.69, 9.17) is 14.6 Å². The molecule has 3 rings (SSSR count). The summed E-state index contributed by atoms with van der Waals surface area (Å²) >= 11 is 0.731. The van der Waals surface area contributed by atoms with Crippen molar-refractivity contribution in [2.24, 2.45) is 0 Å². The third kappa shape index (κ3) is 5.76. The maximum Gasteiger partial charge on any atom is 0.344 e. The molecule has 0 radical (unpaired) electrons. The van der Waals surface area contributed by atoms with Crippen molar-refractivity contribution in [1.82, 2.24) is 4.90 Å². The first-order valence-corrected chi connectivity index (χ1v) is 11.1. The molecule has 0 unspecified atom stereocenters. The maximum atomic E-state index is 12.8. The summed E-state index contributed by atoms with van der Waals surface area (Å²) in [4.78, 5) is 49.7. The predicted molar refractivity (Wildman–Crippen MR) is 128 cm³/mol. The van der Waals surface area contributed by atoms with Gasteiger partial charge in [-0.1, -0.05) is 23.8 Å². The van der Waals surface area contributed by atoms with Gasteiger partial charge in [-0.3, -0.25) is 19.3 Å². The lowest BCUT2D eigenvalue weighted by atomic mass is 10.1. The van der Waals surface area contributed by atoms with Gasteiger partial charge in [-0.05, 0) is 67.9 Å². The summed E-state index contributed by atoms with van der Waals surface area (Å²) in [7, 11) is 1.40. The first-order chi connectivity index (χ1) is 16.1. The average Bonchev–Trinajstić information content (AvgIpc) is 3.03. The van der Waals surface area contributed by atoms with E-state index in [0.717, 1.165) is 27.8 Å². The van der Waals surface area contributed by atoms with Crippen LogP contribution in [-0.2, 0) is 14.4 Å². The van der Waals surface area contributed by atoms with Gasteiger partial charge in [0.1, 0.15) is 6.54 Å². The Morgan fingerprint density at radius 2 is 1.88 bits per heavy atom. The molecule has 34 heavy (non-hydrogen) atoms. The van der Waals surface area contributed by atoms with Gasteiger partial charge < -0.3 is 19.9 Å². The zero-order chi connectivity index (χ0) is 25.0. The summed E-state index contributed by atoms with van der Waals surface area (Å²) in [5.74, 6) is -1.68. The first kappa shape index (κ1) is 24.8. The normalized spacial score (nSPS) is 15.4. The fourth-order valence-corrected chi connectivity index (χ4v) is 4.03. The molecular weight excluding hydrogens is 460 g/mol. The van der Waals surface area contributed by atoms with Gasteiger partial charge in [-0.25, -0.2) is 4.79 Å². The second-order valence-electron chi connectivity index (χ2n) is 7.64. The van der Waals surface area contributed by atoms with E-state index in [2.05, 4.69) is 5.32 Å². The van der Waals surface area contributed by atoms with Gasteiger partial charge in [0.15, 0.2) is 17.6 Å². The van der Waals surface area contributed by atoms with Gasteiger partial charge in [0, 0.05) is 5.69 Å². The predicted octanol–water partition coefficient (Wildman–Crippen LogP) is 3.84. The van der Waals surface area contributed by atoms with Crippen molar-refractivity contribution in [3.05, 3.63) is 58.0 Å². The van der Waals surface area contributed by atoms with Gasteiger partial charge in [0.05, 0.1) is 12.0 Å². The number of anilines is 1. The first-order valence-electron chi connectivity index (χ1n) is 10.3. The molecule has 1 aliphatic heterocycles. The highest BCUT2D eigenvalue weighted by molar-refractivity contribution is 8.18. The van der Waals surface area contributed by atoms with E-state index in [-0.39, 0.29) is 16.4 Å². The number of methoxy groups -OCH3 is 1. The average molecular weight is 485 g/mol. The quantitative estimate of drug-likeness (QED) is 0.542. The lowest BCUT2D eigenvalue weighted by molar-refractivity contribution is -0.144. The van der Waals surface area contributed by atoms with E-state index in [1.54, 1.807) is 18.2 Å². The lowest BCUT2D eigenvalue weighted by Crippen LogP contribution is -2.36. The molecule has 3 amide bonds. The molecule has 0 spiro atoms. The number of carbonyl (C=O) groups excluding carboxylic acids is 3. The zero-order valence-corrected chi connectivity index (χ0v) is 19.9. The van der Waals surface area contributed by atoms with Crippen LogP contribution >= 0.6 is 11.8 Å². The lowest BCUT2D eigenvalue weighted by Gasteiger charge is -2.14. The van der Waals surface area contributed by atoms with Crippen LogP contribution in [0.2, 0.25) is 0 Å². The SMILES string of the molecule is COc1cc(/C=C2/SC(=O)N(CC(=O)Nc3ccc(C)cc3C)C2=O)ccc1O[C@H](C)C(=O)O. The van der Waals surface area contributed by atoms with Crippen LogP contribution in [0.4, 0.5) is 10.5 Å². The maximum absolute atomic E-state index is 12.8. The van der Waals surface area contributed by atoms with Gasteiger partial charge in [-0.15, -0.1) is 0 Å². The minimum atomic E-state index is -1.12.